The molecule has 2 unspecified atom stereocenters. The van der Waals surface area contributed by atoms with E-state index in [1.165, 1.54) is 38.5 Å². The Balaban J connectivity index is 1.77. The summed E-state index contributed by atoms with van der Waals surface area (Å²) in [5.41, 5.74) is 6.87. The van der Waals surface area contributed by atoms with Crippen molar-refractivity contribution in [2.75, 3.05) is 20.1 Å². The maximum Gasteiger partial charge on any atom is 0.222 e. The number of hydrogen-bond donors (Lipinski definition) is 1. The molecule has 0 heterocycles. The third-order valence-corrected chi connectivity index (χ3v) is 6.16. The molecule has 20 heavy (non-hydrogen) atoms. The van der Waals surface area contributed by atoms with Gasteiger partial charge in [-0.3, -0.25) is 4.79 Å². The van der Waals surface area contributed by atoms with Crippen molar-refractivity contribution in [2.24, 2.45) is 27.9 Å². The number of nitrogens with zero attached hydrogens (tertiary/aromatic N) is 1. The first-order chi connectivity index (χ1) is 9.27. The molecule has 3 nitrogen and oxygen atoms in total. The van der Waals surface area contributed by atoms with E-state index in [1.807, 2.05) is 11.9 Å². The maximum atomic E-state index is 12.5. The van der Waals surface area contributed by atoms with E-state index in [0.717, 1.165) is 12.3 Å². The number of amides is 1. The first-order valence-electron chi connectivity index (χ1n) is 8.21. The smallest absolute Gasteiger partial charge is 0.222 e. The zero-order valence-electron chi connectivity index (χ0n) is 13.4. The van der Waals surface area contributed by atoms with Crippen molar-refractivity contribution < 1.29 is 4.79 Å². The van der Waals surface area contributed by atoms with Crippen molar-refractivity contribution in [1.82, 2.24) is 4.90 Å². The van der Waals surface area contributed by atoms with Crippen molar-refractivity contribution in [3.8, 4) is 0 Å². The molecular weight excluding hydrogens is 248 g/mol. The molecule has 4 rings (SSSR count). The average molecular weight is 278 g/mol. The summed E-state index contributed by atoms with van der Waals surface area (Å²) in [6.45, 7) is 6.19. The first kappa shape index (κ1) is 14.4. The maximum absolute atomic E-state index is 12.5. The summed E-state index contributed by atoms with van der Waals surface area (Å²) in [6.07, 6.45) is 8.77. The fraction of sp³-hybridized carbons (Fsp3) is 0.941. The minimum Gasteiger partial charge on any atom is -0.344 e. The van der Waals surface area contributed by atoms with Gasteiger partial charge in [0.2, 0.25) is 5.91 Å². The van der Waals surface area contributed by atoms with Crippen LogP contribution in [0.3, 0.4) is 0 Å². The van der Waals surface area contributed by atoms with E-state index >= 15 is 0 Å². The van der Waals surface area contributed by atoms with E-state index in [4.69, 9.17) is 5.73 Å². The lowest BCUT2D eigenvalue weighted by Gasteiger charge is -2.65. The zero-order chi connectivity index (χ0) is 14.6. The summed E-state index contributed by atoms with van der Waals surface area (Å²) in [6, 6.07) is 0. The van der Waals surface area contributed by atoms with Gasteiger partial charge in [0, 0.05) is 26.6 Å². The van der Waals surface area contributed by atoms with Gasteiger partial charge in [-0.05, 0) is 60.7 Å². The van der Waals surface area contributed by atoms with Gasteiger partial charge in [0.25, 0.3) is 0 Å². The van der Waals surface area contributed by atoms with E-state index < -0.39 is 0 Å². The van der Waals surface area contributed by atoms with Crippen LogP contribution < -0.4 is 5.73 Å². The summed E-state index contributed by atoms with van der Waals surface area (Å²) in [7, 11) is 1.90. The Bertz CT molecular complexity index is 401. The molecule has 0 aliphatic heterocycles. The number of rotatable bonds is 4. The molecule has 0 aromatic carbocycles. The normalized spacial score (nSPS) is 45.7. The predicted molar refractivity (Wildman–Crippen MR) is 81.1 cm³/mol. The average Bonchev–Trinajstić information content (AvgIpc) is 2.23. The van der Waals surface area contributed by atoms with Crippen LogP contribution in [-0.4, -0.2) is 30.9 Å². The van der Waals surface area contributed by atoms with Gasteiger partial charge in [-0.25, -0.2) is 0 Å². The van der Waals surface area contributed by atoms with Crippen LogP contribution in [0.5, 0.6) is 0 Å². The van der Waals surface area contributed by atoms with E-state index in [9.17, 15) is 4.79 Å². The Labute approximate surface area is 123 Å². The topological polar surface area (TPSA) is 46.3 Å². The largest absolute Gasteiger partial charge is 0.344 e. The van der Waals surface area contributed by atoms with Gasteiger partial charge in [0.1, 0.15) is 0 Å². The third-order valence-electron chi connectivity index (χ3n) is 6.16. The summed E-state index contributed by atoms with van der Waals surface area (Å²) < 4.78 is 0. The molecule has 0 spiro atoms. The molecule has 1 amide bonds. The van der Waals surface area contributed by atoms with Crippen LogP contribution in [0.25, 0.3) is 0 Å². The monoisotopic (exact) mass is 278 g/mol. The highest BCUT2D eigenvalue weighted by atomic mass is 16.2. The van der Waals surface area contributed by atoms with Crippen LogP contribution in [-0.2, 0) is 4.79 Å². The van der Waals surface area contributed by atoms with Crippen LogP contribution in [0.4, 0.5) is 0 Å². The van der Waals surface area contributed by atoms with E-state index in [2.05, 4.69) is 13.8 Å². The van der Waals surface area contributed by atoms with Gasteiger partial charge < -0.3 is 10.6 Å². The van der Waals surface area contributed by atoms with Gasteiger partial charge in [0.15, 0.2) is 0 Å². The Hall–Kier alpha value is -0.570. The second-order valence-electron chi connectivity index (χ2n) is 8.91. The minimum absolute atomic E-state index is 0.295. The summed E-state index contributed by atoms with van der Waals surface area (Å²) in [5.74, 6) is 1.18. The Morgan fingerprint density at radius 2 is 1.75 bits per heavy atom. The number of nitrogens with two attached hydrogens (primary N) is 1. The zero-order valence-corrected chi connectivity index (χ0v) is 13.4. The highest BCUT2D eigenvalue weighted by Gasteiger charge is 2.60. The van der Waals surface area contributed by atoms with E-state index in [-0.39, 0.29) is 0 Å². The Morgan fingerprint density at radius 3 is 2.25 bits per heavy atom. The molecule has 2 atom stereocenters. The molecule has 2 N–H and O–H groups in total. The number of carbonyl (C=O) groups excluding carboxylic acids is 1. The molecule has 0 saturated heterocycles. The molecular formula is C17H30N2O. The highest BCUT2D eigenvalue weighted by Crippen LogP contribution is 2.70. The fourth-order valence-corrected chi connectivity index (χ4v) is 6.66. The third kappa shape index (κ3) is 2.38. The lowest BCUT2D eigenvalue weighted by molar-refractivity contribution is -0.160. The molecule has 4 fully saturated rings. The van der Waals surface area contributed by atoms with Gasteiger partial charge in [-0.2, -0.15) is 0 Å². The molecule has 114 valence electrons. The van der Waals surface area contributed by atoms with Crippen LogP contribution >= 0.6 is 0 Å². The van der Waals surface area contributed by atoms with Crippen LogP contribution in [0.2, 0.25) is 0 Å². The molecule has 0 radical (unpaired) electrons. The van der Waals surface area contributed by atoms with E-state index in [1.54, 1.807) is 0 Å². The van der Waals surface area contributed by atoms with Crippen LogP contribution in [0, 0.1) is 22.2 Å². The van der Waals surface area contributed by atoms with Crippen molar-refractivity contribution >= 4 is 5.91 Å². The molecule has 4 aliphatic rings. The van der Waals surface area contributed by atoms with Crippen LogP contribution in [0.15, 0.2) is 0 Å². The summed E-state index contributed by atoms with van der Waals surface area (Å²) >= 11 is 0. The lowest BCUT2D eigenvalue weighted by atomic mass is 9.40. The Kier molecular flexibility index (Phi) is 3.20. The van der Waals surface area contributed by atoms with Crippen molar-refractivity contribution in [2.45, 2.75) is 58.8 Å². The molecule has 4 bridgehead atoms. The highest BCUT2D eigenvalue weighted by molar-refractivity contribution is 5.76. The lowest BCUT2D eigenvalue weighted by Crippen LogP contribution is -2.56. The molecule has 4 saturated carbocycles. The van der Waals surface area contributed by atoms with Gasteiger partial charge in [0.05, 0.1) is 0 Å². The molecule has 3 heteroatoms. The van der Waals surface area contributed by atoms with Gasteiger partial charge >= 0.3 is 0 Å². The van der Waals surface area contributed by atoms with Crippen molar-refractivity contribution in [3.05, 3.63) is 0 Å². The van der Waals surface area contributed by atoms with Crippen molar-refractivity contribution in [1.29, 1.82) is 0 Å². The molecule has 0 aromatic rings. The second-order valence-corrected chi connectivity index (χ2v) is 8.91. The standard InChI is InChI=1S/C17H30N2O/c1-15-6-13-7-16(2,10-15)12-17(8-13,11-15)9-14(20)19(3)5-4-18/h13H,4-12,18H2,1-3H3. The minimum atomic E-state index is 0.295. The second kappa shape index (κ2) is 4.46. The fourth-order valence-electron chi connectivity index (χ4n) is 6.66. The molecule has 0 aromatic heterocycles. The summed E-state index contributed by atoms with van der Waals surface area (Å²) in [5, 5.41) is 0. The quantitative estimate of drug-likeness (QED) is 0.859. The predicted octanol–water partition coefficient (Wildman–Crippen LogP) is 2.79. The van der Waals surface area contributed by atoms with Crippen LogP contribution in [0.1, 0.15) is 58.8 Å². The Morgan fingerprint density at radius 1 is 1.15 bits per heavy atom. The first-order valence-corrected chi connectivity index (χ1v) is 8.21. The van der Waals surface area contributed by atoms with Gasteiger partial charge in [-0.1, -0.05) is 13.8 Å². The van der Waals surface area contributed by atoms with Crippen molar-refractivity contribution in [3.63, 3.8) is 0 Å². The molecule has 4 aliphatic carbocycles. The summed E-state index contributed by atoms with van der Waals surface area (Å²) in [4.78, 5) is 14.3. The number of hydrogen-bond acceptors (Lipinski definition) is 2. The number of likely N-dealkylation sites (N-methyl/N-ethyl adjacent to an activating group) is 1. The van der Waals surface area contributed by atoms with E-state index in [0.29, 0.717) is 35.2 Å². The van der Waals surface area contributed by atoms with Gasteiger partial charge in [-0.15, -0.1) is 0 Å². The number of carbonyl (C=O) groups is 1. The SMILES string of the molecule is CN(CCN)C(=O)CC12CC3CC(C)(CC(C)(C3)C1)C2.